The van der Waals surface area contributed by atoms with Crippen LogP contribution in [0.2, 0.25) is 0 Å². The Balaban J connectivity index is 1.74. The van der Waals surface area contributed by atoms with Crippen molar-refractivity contribution in [1.29, 1.82) is 0 Å². The molecular formula is C22H23N5O2. The minimum atomic E-state index is -0.393. The summed E-state index contributed by atoms with van der Waals surface area (Å²) in [4.78, 5) is 14.8. The number of nitrogens with one attached hydrogen (secondary N) is 3. The van der Waals surface area contributed by atoms with Crippen LogP contribution in [-0.2, 0) is 4.79 Å². The Bertz CT molecular complexity index is 1110. The predicted octanol–water partition coefficient (Wildman–Crippen LogP) is 3.78. The number of rotatable bonds is 8. The molecule has 0 radical (unpaired) electrons. The quantitative estimate of drug-likeness (QED) is 0.397. The number of hydrogen-bond acceptors (Lipinski definition) is 6. The van der Waals surface area contributed by atoms with E-state index in [1.165, 1.54) is 5.56 Å². The van der Waals surface area contributed by atoms with Gasteiger partial charge in [-0.15, -0.1) is 5.10 Å². The molecule has 7 nitrogen and oxygen atoms in total. The predicted molar refractivity (Wildman–Crippen MR) is 114 cm³/mol. The summed E-state index contributed by atoms with van der Waals surface area (Å²) in [6.07, 6.45) is 1.48. The van der Waals surface area contributed by atoms with Gasteiger partial charge in [0.25, 0.3) is 5.89 Å². The molecule has 7 heteroatoms. The summed E-state index contributed by atoms with van der Waals surface area (Å²) in [5.74, 6) is 0.402. The number of hydrogen-bond donors (Lipinski definition) is 3. The molecule has 2 aromatic carbocycles. The second-order valence-corrected chi connectivity index (χ2v) is 6.98. The SMILES string of the molecule is CNCCC(C=O)Nc1nnc(-c2c(-c3ccc(C)cc3)[nH]c3ccccc23)o1. The minimum absolute atomic E-state index is 0.230. The molecule has 148 valence electrons. The summed E-state index contributed by atoms with van der Waals surface area (Å²) in [6, 6.07) is 16.1. The molecule has 0 saturated carbocycles. The van der Waals surface area contributed by atoms with Crippen LogP contribution < -0.4 is 10.6 Å². The second-order valence-electron chi connectivity index (χ2n) is 6.98. The first-order valence-electron chi connectivity index (χ1n) is 9.57. The molecule has 0 aliphatic heterocycles. The van der Waals surface area contributed by atoms with Gasteiger partial charge in [0.15, 0.2) is 0 Å². The van der Waals surface area contributed by atoms with Crippen LogP contribution in [0, 0.1) is 6.92 Å². The van der Waals surface area contributed by atoms with Gasteiger partial charge in [-0.25, -0.2) is 0 Å². The largest absolute Gasteiger partial charge is 0.403 e. The fourth-order valence-corrected chi connectivity index (χ4v) is 3.32. The number of benzene rings is 2. The van der Waals surface area contributed by atoms with Crippen LogP contribution in [0.3, 0.4) is 0 Å². The van der Waals surface area contributed by atoms with Gasteiger partial charge in [0.2, 0.25) is 0 Å². The molecule has 1 unspecified atom stereocenters. The van der Waals surface area contributed by atoms with Gasteiger partial charge in [-0.1, -0.05) is 53.1 Å². The van der Waals surface area contributed by atoms with Gasteiger partial charge in [-0.2, -0.15) is 0 Å². The molecule has 0 fully saturated rings. The van der Waals surface area contributed by atoms with Crippen molar-refractivity contribution in [1.82, 2.24) is 20.5 Å². The molecule has 4 rings (SSSR count). The Kier molecular flexibility index (Phi) is 5.39. The molecular weight excluding hydrogens is 366 g/mol. The first-order chi connectivity index (χ1) is 14.2. The van der Waals surface area contributed by atoms with Gasteiger partial charge in [0.1, 0.15) is 6.29 Å². The van der Waals surface area contributed by atoms with Crippen LogP contribution in [0.25, 0.3) is 33.6 Å². The van der Waals surface area contributed by atoms with Gasteiger partial charge in [0.05, 0.1) is 17.3 Å². The van der Waals surface area contributed by atoms with E-state index in [9.17, 15) is 4.79 Å². The van der Waals surface area contributed by atoms with Crippen LogP contribution in [0.1, 0.15) is 12.0 Å². The van der Waals surface area contributed by atoms with Crippen LogP contribution >= 0.6 is 0 Å². The number of H-pyrrole nitrogens is 1. The molecule has 1 atom stereocenters. The maximum atomic E-state index is 11.3. The van der Waals surface area contributed by atoms with Crippen LogP contribution in [0.15, 0.2) is 52.9 Å². The summed E-state index contributed by atoms with van der Waals surface area (Å²) in [5, 5.41) is 15.4. The molecule has 3 N–H and O–H groups in total. The third-order valence-corrected chi connectivity index (χ3v) is 4.86. The smallest absolute Gasteiger partial charge is 0.316 e. The zero-order valence-electron chi connectivity index (χ0n) is 16.4. The maximum absolute atomic E-state index is 11.3. The summed E-state index contributed by atoms with van der Waals surface area (Å²) in [7, 11) is 1.84. The van der Waals surface area contributed by atoms with Crippen LogP contribution in [0.4, 0.5) is 6.01 Å². The molecule has 4 aromatic rings. The number of aryl methyl sites for hydroxylation is 1. The highest BCUT2D eigenvalue weighted by atomic mass is 16.4. The Morgan fingerprint density at radius 3 is 2.69 bits per heavy atom. The summed E-state index contributed by atoms with van der Waals surface area (Å²) >= 11 is 0. The average molecular weight is 389 g/mol. The van der Waals surface area contributed by atoms with E-state index in [1.807, 2.05) is 31.3 Å². The topological polar surface area (TPSA) is 95.8 Å². The van der Waals surface area contributed by atoms with E-state index in [0.717, 1.165) is 34.0 Å². The average Bonchev–Trinajstić information content (AvgIpc) is 3.35. The zero-order chi connectivity index (χ0) is 20.2. The van der Waals surface area contributed by atoms with E-state index in [-0.39, 0.29) is 6.01 Å². The number of aldehydes is 1. The monoisotopic (exact) mass is 389 g/mol. The number of carbonyl (C=O) groups is 1. The van der Waals surface area contributed by atoms with Crippen molar-refractivity contribution in [3.63, 3.8) is 0 Å². The van der Waals surface area contributed by atoms with Crippen molar-refractivity contribution in [2.75, 3.05) is 18.9 Å². The van der Waals surface area contributed by atoms with Gasteiger partial charge in [-0.05, 0) is 38.6 Å². The van der Waals surface area contributed by atoms with E-state index in [2.05, 4.69) is 57.0 Å². The lowest BCUT2D eigenvalue weighted by Crippen LogP contribution is -2.25. The third-order valence-electron chi connectivity index (χ3n) is 4.86. The van der Waals surface area contributed by atoms with Crippen molar-refractivity contribution >= 4 is 23.2 Å². The van der Waals surface area contributed by atoms with Gasteiger partial charge < -0.3 is 24.8 Å². The number of aromatic amines is 1. The number of anilines is 1. The molecule has 0 aliphatic rings. The first kappa shape index (κ1) is 18.9. The fourth-order valence-electron chi connectivity index (χ4n) is 3.32. The molecule has 0 amide bonds. The molecule has 0 bridgehead atoms. The lowest BCUT2D eigenvalue weighted by molar-refractivity contribution is -0.108. The minimum Gasteiger partial charge on any atom is -0.403 e. The van der Waals surface area contributed by atoms with Gasteiger partial charge in [0, 0.05) is 10.9 Å². The molecule has 2 heterocycles. The Morgan fingerprint density at radius 1 is 1.14 bits per heavy atom. The van der Waals surface area contributed by atoms with Crippen molar-refractivity contribution in [3.8, 4) is 22.7 Å². The molecule has 2 aromatic heterocycles. The van der Waals surface area contributed by atoms with Crippen molar-refractivity contribution in [3.05, 3.63) is 54.1 Å². The van der Waals surface area contributed by atoms with E-state index in [1.54, 1.807) is 0 Å². The highest BCUT2D eigenvalue weighted by molar-refractivity contribution is 6.01. The normalized spacial score (nSPS) is 12.2. The third kappa shape index (κ3) is 3.90. The molecule has 0 saturated heterocycles. The van der Waals surface area contributed by atoms with E-state index < -0.39 is 6.04 Å². The molecule has 29 heavy (non-hydrogen) atoms. The van der Waals surface area contributed by atoms with Gasteiger partial charge in [-0.3, -0.25) is 0 Å². The highest BCUT2D eigenvalue weighted by Gasteiger charge is 2.21. The standard InChI is InChI=1S/C22H23N5O2/c1-14-7-9-15(10-8-14)20-19(17-5-3-4-6-18(17)25-20)21-26-27-22(29-21)24-16(13-28)11-12-23-2/h3-10,13,16,23,25H,11-12H2,1-2H3,(H,24,27). The first-order valence-corrected chi connectivity index (χ1v) is 9.57. The summed E-state index contributed by atoms with van der Waals surface area (Å²) in [5.41, 5.74) is 4.99. The number of carbonyl (C=O) groups excluding carboxylic acids is 1. The van der Waals surface area contributed by atoms with Crippen molar-refractivity contribution < 1.29 is 9.21 Å². The lowest BCUT2D eigenvalue weighted by atomic mass is 10.0. The number of fused-ring (bicyclic) bond motifs is 1. The van der Waals surface area contributed by atoms with Crippen LogP contribution in [-0.4, -0.2) is 41.1 Å². The fraction of sp³-hybridized carbons (Fsp3) is 0.227. The highest BCUT2D eigenvalue weighted by Crippen LogP contribution is 2.38. The number of para-hydroxylation sites is 1. The van der Waals surface area contributed by atoms with E-state index in [4.69, 9.17) is 4.42 Å². The maximum Gasteiger partial charge on any atom is 0.316 e. The second kappa shape index (κ2) is 8.28. The Morgan fingerprint density at radius 2 is 1.93 bits per heavy atom. The Hall–Kier alpha value is -3.45. The molecule has 0 spiro atoms. The lowest BCUT2D eigenvalue weighted by Gasteiger charge is -2.09. The zero-order valence-corrected chi connectivity index (χ0v) is 16.4. The number of aromatic nitrogens is 3. The van der Waals surface area contributed by atoms with Crippen LogP contribution in [0.5, 0.6) is 0 Å². The van der Waals surface area contributed by atoms with E-state index in [0.29, 0.717) is 18.9 Å². The summed E-state index contributed by atoms with van der Waals surface area (Å²) < 4.78 is 5.90. The summed E-state index contributed by atoms with van der Waals surface area (Å²) in [6.45, 7) is 2.76. The Labute approximate surface area is 168 Å². The van der Waals surface area contributed by atoms with Crippen molar-refractivity contribution in [2.24, 2.45) is 0 Å². The van der Waals surface area contributed by atoms with Gasteiger partial charge >= 0.3 is 6.01 Å². The molecule has 0 aliphatic carbocycles. The van der Waals surface area contributed by atoms with E-state index >= 15 is 0 Å². The number of nitrogens with zero attached hydrogens (tertiary/aromatic N) is 2. The van der Waals surface area contributed by atoms with Crippen molar-refractivity contribution in [2.45, 2.75) is 19.4 Å².